The molecule has 0 aliphatic rings. The van der Waals surface area contributed by atoms with Crippen LogP contribution in [0.15, 0.2) is 12.1 Å². The van der Waals surface area contributed by atoms with Crippen molar-refractivity contribution in [2.75, 3.05) is 11.1 Å². The lowest BCUT2D eigenvalue weighted by Crippen LogP contribution is -2.19. The fourth-order valence-corrected chi connectivity index (χ4v) is 1.46. The molecule has 3 heteroatoms. The van der Waals surface area contributed by atoms with E-state index in [1.807, 2.05) is 39.8 Å². The minimum atomic E-state index is -0.0126. The molecule has 0 aromatic heterocycles. The number of carbonyl (C=O) groups excluding carboxylic acids is 1. The van der Waals surface area contributed by atoms with Crippen molar-refractivity contribution in [2.24, 2.45) is 5.92 Å². The first-order valence-electron chi connectivity index (χ1n) is 5.09. The second kappa shape index (κ2) is 4.34. The van der Waals surface area contributed by atoms with E-state index in [4.69, 9.17) is 5.73 Å². The van der Waals surface area contributed by atoms with Gasteiger partial charge in [-0.3, -0.25) is 4.79 Å². The SMILES string of the molecule is Cc1cc(N)cc(C)c1NC(=O)C(C)C. The molecule has 0 aliphatic heterocycles. The van der Waals surface area contributed by atoms with E-state index in [1.165, 1.54) is 0 Å². The van der Waals surface area contributed by atoms with Crippen LogP contribution in [0.3, 0.4) is 0 Å². The summed E-state index contributed by atoms with van der Waals surface area (Å²) >= 11 is 0. The molecule has 0 spiro atoms. The fraction of sp³-hybridized carbons (Fsp3) is 0.417. The third kappa shape index (κ3) is 2.72. The van der Waals surface area contributed by atoms with Crippen molar-refractivity contribution in [2.45, 2.75) is 27.7 Å². The van der Waals surface area contributed by atoms with Crippen molar-refractivity contribution in [3.63, 3.8) is 0 Å². The van der Waals surface area contributed by atoms with E-state index in [-0.39, 0.29) is 11.8 Å². The second-order valence-electron chi connectivity index (χ2n) is 4.17. The van der Waals surface area contributed by atoms with Crippen LogP contribution in [0.4, 0.5) is 11.4 Å². The minimum absolute atomic E-state index is 0.0126. The molecule has 1 rings (SSSR count). The molecule has 0 atom stereocenters. The fourth-order valence-electron chi connectivity index (χ4n) is 1.46. The summed E-state index contributed by atoms with van der Waals surface area (Å²) in [5.74, 6) is 0.0207. The Morgan fingerprint density at radius 3 is 2.13 bits per heavy atom. The van der Waals surface area contributed by atoms with Gasteiger partial charge in [0, 0.05) is 17.3 Å². The molecule has 82 valence electrons. The molecule has 0 unspecified atom stereocenters. The highest BCUT2D eigenvalue weighted by Crippen LogP contribution is 2.23. The summed E-state index contributed by atoms with van der Waals surface area (Å²) in [5, 5.41) is 2.91. The van der Waals surface area contributed by atoms with Crippen LogP contribution < -0.4 is 11.1 Å². The first-order chi connectivity index (χ1) is 6.91. The third-order valence-corrected chi connectivity index (χ3v) is 2.33. The molecule has 0 fully saturated rings. The Labute approximate surface area is 90.7 Å². The molecule has 1 aromatic carbocycles. The molecule has 0 bridgehead atoms. The summed E-state index contributed by atoms with van der Waals surface area (Å²) < 4.78 is 0. The van der Waals surface area contributed by atoms with Crippen molar-refractivity contribution < 1.29 is 4.79 Å². The van der Waals surface area contributed by atoms with Crippen LogP contribution >= 0.6 is 0 Å². The van der Waals surface area contributed by atoms with Crippen LogP contribution in [0.2, 0.25) is 0 Å². The number of nitrogen functional groups attached to an aromatic ring is 1. The van der Waals surface area contributed by atoms with E-state index in [0.717, 1.165) is 22.5 Å². The zero-order valence-corrected chi connectivity index (χ0v) is 9.72. The van der Waals surface area contributed by atoms with E-state index in [9.17, 15) is 4.79 Å². The van der Waals surface area contributed by atoms with E-state index < -0.39 is 0 Å². The Morgan fingerprint density at radius 2 is 1.73 bits per heavy atom. The summed E-state index contributed by atoms with van der Waals surface area (Å²) in [7, 11) is 0. The minimum Gasteiger partial charge on any atom is -0.399 e. The Kier molecular flexibility index (Phi) is 3.35. The van der Waals surface area contributed by atoms with E-state index in [0.29, 0.717) is 0 Å². The number of amides is 1. The number of nitrogens with one attached hydrogen (secondary N) is 1. The van der Waals surface area contributed by atoms with E-state index in [1.54, 1.807) is 0 Å². The molecule has 0 saturated heterocycles. The largest absolute Gasteiger partial charge is 0.399 e. The maximum absolute atomic E-state index is 11.6. The normalized spacial score (nSPS) is 10.5. The molecule has 15 heavy (non-hydrogen) atoms. The van der Waals surface area contributed by atoms with Gasteiger partial charge < -0.3 is 11.1 Å². The number of hydrogen-bond acceptors (Lipinski definition) is 2. The molecule has 0 aliphatic carbocycles. The average molecular weight is 206 g/mol. The number of nitrogens with two attached hydrogens (primary N) is 1. The molecule has 1 amide bonds. The standard InChI is InChI=1S/C12H18N2O/c1-7(2)12(15)14-11-8(3)5-10(13)6-9(11)4/h5-7H,13H2,1-4H3,(H,14,15). The third-order valence-electron chi connectivity index (χ3n) is 2.33. The molecule has 0 saturated carbocycles. The second-order valence-corrected chi connectivity index (χ2v) is 4.17. The van der Waals surface area contributed by atoms with Gasteiger partial charge >= 0.3 is 0 Å². The first-order valence-corrected chi connectivity index (χ1v) is 5.09. The monoisotopic (exact) mass is 206 g/mol. The van der Waals surface area contributed by atoms with Gasteiger partial charge in [0.1, 0.15) is 0 Å². The number of benzene rings is 1. The van der Waals surface area contributed by atoms with E-state index in [2.05, 4.69) is 5.32 Å². The van der Waals surface area contributed by atoms with Gasteiger partial charge in [0.05, 0.1) is 0 Å². The molecular weight excluding hydrogens is 188 g/mol. The van der Waals surface area contributed by atoms with Gasteiger partial charge in [0.25, 0.3) is 0 Å². The summed E-state index contributed by atoms with van der Waals surface area (Å²) in [4.78, 5) is 11.6. The summed E-state index contributed by atoms with van der Waals surface area (Å²) in [5.41, 5.74) is 9.32. The number of hydrogen-bond donors (Lipinski definition) is 2. The van der Waals surface area contributed by atoms with Crippen molar-refractivity contribution in [3.05, 3.63) is 23.3 Å². The topological polar surface area (TPSA) is 55.1 Å². The van der Waals surface area contributed by atoms with Crippen LogP contribution in [0.25, 0.3) is 0 Å². The van der Waals surface area contributed by atoms with Crippen LogP contribution in [0.5, 0.6) is 0 Å². The van der Waals surface area contributed by atoms with Gasteiger partial charge in [-0.05, 0) is 37.1 Å². The molecule has 1 aromatic rings. The lowest BCUT2D eigenvalue weighted by Gasteiger charge is -2.13. The van der Waals surface area contributed by atoms with Gasteiger partial charge in [-0.1, -0.05) is 13.8 Å². The maximum Gasteiger partial charge on any atom is 0.226 e. The number of carbonyl (C=O) groups is 1. The smallest absolute Gasteiger partial charge is 0.226 e. The Hall–Kier alpha value is -1.51. The Balaban J connectivity index is 3.00. The molecule has 0 heterocycles. The summed E-state index contributed by atoms with van der Waals surface area (Å²) in [6, 6.07) is 3.73. The quantitative estimate of drug-likeness (QED) is 0.730. The van der Waals surface area contributed by atoms with Gasteiger partial charge in [0.2, 0.25) is 5.91 Å². The van der Waals surface area contributed by atoms with E-state index >= 15 is 0 Å². The predicted octanol–water partition coefficient (Wildman–Crippen LogP) is 2.48. The Morgan fingerprint density at radius 1 is 1.27 bits per heavy atom. The molecule has 0 radical (unpaired) electrons. The van der Waals surface area contributed by atoms with Gasteiger partial charge in [-0.15, -0.1) is 0 Å². The predicted molar refractivity (Wildman–Crippen MR) is 63.8 cm³/mol. The summed E-state index contributed by atoms with van der Waals surface area (Å²) in [6.07, 6.45) is 0. The van der Waals surface area contributed by atoms with Gasteiger partial charge in [0.15, 0.2) is 0 Å². The van der Waals surface area contributed by atoms with Crippen molar-refractivity contribution in [1.82, 2.24) is 0 Å². The van der Waals surface area contributed by atoms with Crippen molar-refractivity contribution in [1.29, 1.82) is 0 Å². The highest BCUT2D eigenvalue weighted by molar-refractivity contribution is 5.93. The maximum atomic E-state index is 11.6. The molecule has 3 nitrogen and oxygen atoms in total. The van der Waals surface area contributed by atoms with Gasteiger partial charge in [-0.25, -0.2) is 0 Å². The van der Waals surface area contributed by atoms with Crippen LogP contribution in [-0.2, 0) is 4.79 Å². The number of rotatable bonds is 2. The van der Waals surface area contributed by atoms with Crippen LogP contribution in [0.1, 0.15) is 25.0 Å². The van der Waals surface area contributed by atoms with Crippen LogP contribution in [0, 0.1) is 19.8 Å². The molecule has 3 N–H and O–H groups in total. The van der Waals surface area contributed by atoms with Crippen molar-refractivity contribution >= 4 is 17.3 Å². The average Bonchev–Trinajstić information content (AvgIpc) is 2.10. The highest BCUT2D eigenvalue weighted by atomic mass is 16.1. The summed E-state index contributed by atoms with van der Waals surface area (Å²) in [6.45, 7) is 7.63. The zero-order valence-electron chi connectivity index (χ0n) is 9.72. The van der Waals surface area contributed by atoms with Gasteiger partial charge in [-0.2, -0.15) is 0 Å². The molecular formula is C12H18N2O. The lowest BCUT2D eigenvalue weighted by atomic mass is 10.1. The zero-order chi connectivity index (χ0) is 11.6. The Bertz CT molecular complexity index is 360. The highest BCUT2D eigenvalue weighted by Gasteiger charge is 2.10. The first kappa shape index (κ1) is 11.6. The van der Waals surface area contributed by atoms with Crippen LogP contribution in [-0.4, -0.2) is 5.91 Å². The number of aryl methyl sites for hydroxylation is 2. The number of anilines is 2. The van der Waals surface area contributed by atoms with Crippen molar-refractivity contribution in [3.8, 4) is 0 Å². The lowest BCUT2D eigenvalue weighted by molar-refractivity contribution is -0.118.